The molecule has 0 aliphatic carbocycles. The first-order chi connectivity index (χ1) is 8.49. The Morgan fingerprint density at radius 2 is 2.22 bits per heavy atom. The van der Waals surface area contributed by atoms with Crippen molar-refractivity contribution >= 4 is 27.3 Å². The molecule has 2 aromatic rings. The average molecular weight is 289 g/mol. The minimum Gasteiger partial charge on any atom is -0.398 e. The largest absolute Gasteiger partial charge is 0.398 e. The molecule has 0 aliphatic heterocycles. The first kappa shape index (κ1) is 12.8. The summed E-state index contributed by atoms with van der Waals surface area (Å²) in [5, 5.41) is 3.66. The maximum absolute atomic E-state index is 11.9. The van der Waals surface area contributed by atoms with Gasteiger partial charge in [-0.15, -0.1) is 0 Å². The van der Waals surface area contributed by atoms with Gasteiger partial charge < -0.3 is 10.3 Å². The molecule has 0 saturated carbocycles. The number of hydrogen-bond acceptors (Lipinski definition) is 6. The van der Waals surface area contributed by atoms with Crippen LogP contribution in [0.15, 0.2) is 34.0 Å². The van der Waals surface area contributed by atoms with Crippen LogP contribution in [0.2, 0.25) is 5.02 Å². The zero-order valence-corrected chi connectivity index (χ0v) is 10.6. The van der Waals surface area contributed by atoms with E-state index in [0.717, 1.165) is 6.39 Å². The van der Waals surface area contributed by atoms with E-state index in [1.807, 2.05) is 0 Å². The maximum Gasteiger partial charge on any atom is 0.241 e. The standard InChI is InChI=1S/C9H9ClN4O3S/c10-7-3-6(1-2-8(7)11)18(15,16)13-4-9-12-5-17-14-9/h1-3,5,13H,4,11H2. The lowest BCUT2D eigenvalue weighted by atomic mass is 10.3. The molecule has 0 saturated heterocycles. The highest BCUT2D eigenvalue weighted by atomic mass is 35.5. The van der Waals surface area contributed by atoms with Gasteiger partial charge in [-0.2, -0.15) is 4.98 Å². The van der Waals surface area contributed by atoms with Crippen molar-refractivity contribution < 1.29 is 12.9 Å². The summed E-state index contributed by atoms with van der Waals surface area (Å²) >= 11 is 5.76. The summed E-state index contributed by atoms with van der Waals surface area (Å²) in [7, 11) is -3.69. The number of aromatic nitrogens is 2. The van der Waals surface area contributed by atoms with Crippen molar-refractivity contribution in [2.75, 3.05) is 5.73 Å². The highest BCUT2D eigenvalue weighted by molar-refractivity contribution is 7.89. The molecule has 0 spiro atoms. The van der Waals surface area contributed by atoms with Crippen molar-refractivity contribution in [3.05, 3.63) is 35.4 Å². The molecule has 9 heteroatoms. The lowest BCUT2D eigenvalue weighted by molar-refractivity contribution is 0.409. The van der Waals surface area contributed by atoms with Gasteiger partial charge in [0.15, 0.2) is 5.82 Å². The van der Waals surface area contributed by atoms with Gasteiger partial charge in [-0.25, -0.2) is 13.1 Å². The van der Waals surface area contributed by atoms with Crippen molar-refractivity contribution in [3.63, 3.8) is 0 Å². The minimum atomic E-state index is -3.69. The summed E-state index contributed by atoms with van der Waals surface area (Å²) in [5.41, 5.74) is 5.82. The van der Waals surface area contributed by atoms with Crippen LogP contribution >= 0.6 is 11.6 Å². The van der Waals surface area contributed by atoms with Crippen molar-refractivity contribution in [3.8, 4) is 0 Å². The van der Waals surface area contributed by atoms with Crippen LogP contribution in [0, 0.1) is 0 Å². The number of nitrogen functional groups attached to an aromatic ring is 1. The van der Waals surface area contributed by atoms with Gasteiger partial charge in [-0.1, -0.05) is 16.8 Å². The number of benzene rings is 1. The second kappa shape index (κ2) is 4.92. The summed E-state index contributed by atoms with van der Waals surface area (Å²) < 4.78 is 30.6. The number of sulfonamides is 1. The molecule has 3 N–H and O–H groups in total. The van der Waals surface area contributed by atoms with Crippen LogP contribution in [-0.4, -0.2) is 18.6 Å². The fourth-order valence-electron chi connectivity index (χ4n) is 1.19. The van der Waals surface area contributed by atoms with E-state index in [4.69, 9.17) is 17.3 Å². The van der Waals surface area contributed by atoms with Crippen LogP contribution in [0.4, 0.5) is 5.69 Å². The second-order valence-corrected chi connectivity index (χ2v) is 5.53. The average Bonchev–Trinajstić information content (AvgIpc) is 2.83. The minimum absolute atomic E-state index is 0.0187. The molecule has 1 aromatic carbocycles. The predicted molar refractivity (Wildman–Crippen MR) is 64.2 cm³/mol. The van der Waals surface area contributed by atoms with Gasteiger partial charge in [0.05, 0.1) is 22.2 Å². The summed E-state index contributed by atoms with van der Waals surface area (Å²) in [4.78, 5) is 3.71. The smallest absolute Gasteiger partial charge is 0.241 e. The summed E-state index contributed by atoms with van der Waals surface area (Å²) in [6, 6.07) is 4.06. The van der Waals surface area contributed by atoms with Gasteiger partial charge in [0.1, 0.15) is 0 Å². The van der Waals surface area contributed by atoms with Gasteiger partial charge in [-0.3, -0.25) is 0 Å². The molecule has 1 aromatic heterocycles. The molecule has 0 unspecified atom stereocenters. The van der Waals surface area contributed by atoms with E-state index < -0.39 is 10.0 Å². The Morgan fingerprint density at radius 1 is 1.44 bits per heavy atom. The quantitative estimate of drug-likeness (QED) is 0.804. The number of halogens is 1. The van der Waals surface area contributed by atoms with Gasteiger partial charge in [-0.05, 0) is 18.2 Å². The van der Waals surface area contributed by atoms with Crippen LogP contribution in [0.1, 0.15) is 5.82 Å². The van der Waals surface area contributed by atoms with E-state index in [9.17, 15) is 8.42 Å². The Hall–Kier alpha value is -1.64. The predicted octanol–water partition coefficient (Wildman–Crippen LogP) is 0.784. The summed E-state index contributed by atoms with van der Waals surface area (Å²) in [6.07, 6.45) is 1.11. The number of nitrogens with two attached hydrogens (primary N) is 1. The van der Waals surface area contributed by atoms with E-state index in [-0.39, 0.29) is 22.3 Å². The highest BCUT2D eigenvalue weighted by Crippen LogP contribution is 2.22. The maximum atomic E-state index is 11.9. The van der Waals surface area contributed by atoms with Crippen LogP contribution < -0.4 is 10.5 Å². The lowest BCUT2D eigenvalue weighted by Crippen LogP contribution is -2.23. The molecule has 2 rings (SSSR count). The van der Waals surface area contributed by atoms with Gasteiger partial charge in [0, 0.05) is 0 Å². The molecule has 0 bridgehead atoms. The van der Waals surface area contributed by atoms with Crippen molar-refractivity contribution in [2.24, 2.45) is 0 Å². The first-order valence-electron chi connectivity index (χ1n) is 4.79. The van der Waals surface area contributed by atoms with E-state index in [2.05, 4.69) is 19.4 Å². The summed E-state index contributed by atoms with van der Waals surface area (Å²) in [6.45, 7) is -0.0686. The SMILES string of the molecule is Nc1ccc(S(=O)(=O)NCc2ncon2)cc1Cl. The molecule has 0 atom stereocenters. The number of nitrogens with one attached hydrogen (secondary N) is 1. The van der Waals surface area contributed by atoms with E-state index in [1.54, 1.807) is 0 Å². The third kappa shape index (κ3) is 2.78. The van der Waals surface area contributed by atoms with E-state index >= 15 is 0 Å². The number of anilines is 1. The topological polar surface area (TPSA) is 111 Å². The molecule has 18 heavy (non-hydrogen) atoms. The van der Waals surface area contributed by atoms with Crippen LogP contribution in [0.25, 0.3) is 0 Å². The Kier molecular flexibility index (Phi) is 3.50. The zero-order chi connectivity index (χ0) is 13.2. The zero-order valence-electron chi connectivity index (χ0n) is 9.00. The molecular weight excluding hydrogens is 280 g/mol. The molecule has 0 fully saturated rings. The van der Waals surface area contributed by atoms with Crippen molar-refractivity contribution in [1.29, 1.82) is 0 Å². The molecular formula is C9H9ClN4O3S. The Balaban J connectivity index is 2.17. The van der Waals surface area contributed by atoms with E-state index in [0.29, 0.717) is 5.69 Å². The van der Waals surface area contributed by atoms with Crippen LogP contribution in [-0.2, 0) is 16.6 Å². The molecule has 0 aliphatic rings. The van der Waals surface area contributed by atoms with Gasteiger partial charge in [0.2, 0.25) is 16.4 Å². The highest BCUT2D eigenvalue weighted by Gasteiger charge is 2.15. The number of rotatable bonds is 4. The second-order valence-electron chi connectivity index (χ2n) is 3.36. The van der Waals surface area contributed by atoms with Crippen LogP contribution in [0.3, 0.4) is 0 Å². The Bertz CT molecular complexity index is 642. The fourth-order valence-corrected chi connectivity index (χ4v) is 2.44. The fraction of sp³-hybridized carbons (Fsp3) is 0.111. The number of hydrogen-bond donors (Lipinski definition) is 2. The third-order valence-corrected chi connectivity index (χ3v) is 3.84. The lowest BCUT2D eigenvalue weighted by Gasteiger charge is -2.06. The normalized spacial score (nSPS) is 11.6. The van der Waals surface area contributed by atoms with Crippen LogP contribution in [0.5, 0.6) is 0 Å². The molecule has 0 amide bonds. The molecule has 1 heterocycles. The molecule has 0 radical (unpaired) electrons. The van der Waals surface area contributed by atoms with Gasteiger partial charge >= 0.3 is 0 Å². The molecule has 7 nitrogen and oxygen atoms in total. The van der Waals surface area contributed by atoms with Crippen molar-refractivity contribution in [2.45, 2.75) is 11.4 Å². The monoisotopic (exact) mass is 288 g/mol. The Morgan fingerprint density at radius 3 is 2.83 bits per heavy atom. The summed E-state index contributed by atoms with van der Waals surface area (Å²) in [5.74, 6) is 0.236. The number of nitrogens with zero attached hydrogens (tertiary/aromatic N) is 2. The Labute approximate surface area is 108 Å². The third-order valence-electron chi connectivity index (χ3n) is 2.11. The van der Waals surface area contributed by atoms with Gasteiger partial charge in [0.25, 0.3) is 0 Å². The molecule has 96 valence electrons. The van der Waals surface area contributed by atoms with Crippen molar-refractivity contribution in [1.82, 2.24) is 14.9 Å². The first-order valence-corrected chi connectivity index (χ1v) is 6.65. The van der Waals surface area contributed by atoms with E-state index in [1.165, 1.54) is 18.2 Å².